The molecule has 3 unspecified atom stereocenters. The van der Waals surface area contributed by atoms with Crippen molar-refractivity contribution in [1.82, 2.24) is 0 Å². The van der Waals surface area contributed by atoms with Crippen LogP contribution in [0.3, 0.4) is 0 Å². The van der Waals surface area contributed by atoms with E-state index in [-0.39, 0.29) is 5.41 Å². The maximum Gasteiger partial charge on any atom is 0.0396 e. The summed E-state index contributed by atoms with van der Waals surface area (Å²) in [7, 11) is 0. The molecule has 0 spiro atoms. The van der Waals surface area contributed by atoms with Crippen molar-refractivity contribution in [2.75, 3.05) is 5.32 Å². The summed E-state index contributed by atoms with van der Waals surface area (Å²) in [6.07, 6.45) is 6.33. The molecular formula is C41H39N. The van der Waals surface area contributed by atoms with Gasteiger partial charge in [0.25, 0.3) is 0 Å². The molecule has 0 aliphatic heterocycles. The quantitative estimate of drug-likeness (QED) is 0.209. The molecule has 0 saturated carbocycles. The summed E-state index contributed by atoms with van der Waals surface area (Å²) >= 11 is 0. The zero-order valence-electron chi connectivity index (χ0n) is 24.9. The summed E-state index contributed by atoms with van der Waals surface area (Å²) in [5.74, 6) is 1.39. The second-order valence-corrected chi connectivity index (χ2v) is 12.5. The largest absolute Gasteiger partial charge is 0.356 e. The van der Waals surface area contributed by atoms with Gasteiger partial charge in [-0.15, -0.1) is 0 Å². The Morgan fingerprint density at radius 2 is 1.29 bits per heavy atom. The fourth-order valence-electron chi connectivity index (χ4n) is 7.43. The number of benzene rings is 5. The number of anilines is 2. The number of fused-ring (bicyclic) bond motifs is 3. The molecule has 3 atom stereocenters. The first-order valence-electron chi connectivity index (χ1n) is 15.5. The van der Waals surface area contributed by atoms with Crippen LogP contribution in [0.1, 0.15) is 51.2 Å². The summed E-state index contributed by atoms with van der Waals surface area (Å²) in [6, 6.07) is 44.3. The highest BCUT2D eigenvalue weighted by Crippen LogP contribution is 2.55. The van der Waals surface area contributed by atoms with E-state index in [4.69, 9.17) is 0 Å². The topological polar surface area (TPSA) is 12.0 Å². The minimum atomic E-state index is -0.103. The zero-order valence-corrected chi connectivity index (χ0v) is 24.9. The Balaban J connectivity index is 1.21. The summed E-state index contributed by atoms with van der Waals surface area (Å²) < 4.78 is 0. The monoisotopic (exact) mass is 545 g/mol. The Bertz CT molecular complexity index is 1760. The molecule has 7 rings (SSSR count). The summed E-state index contributed by atoms with van der Waals surface area (Å²) in [4.78, 5) is 0. The molecule has 0 amide bonds. The molecule has 0 fully saturated rings. The molecule has 1 heteroatoms. The van der Waals surface area contributed by atoms with Crippen molar-refractivity contribution in [3.63, 3.8) is 0 Å². The Hall–Kier alpha value is -4.36. The standard InChI is InChI=1S/C41H39N/c1-4-29-23-28(2)24-34(25-29)41(3)39-16-9-8-15-37(39)38-22-21-36(27-40(38)41)42-35-14-10-13-33(26-35)32-19-17-31(18-20-32)30-11-6-5-7-12-30/h5-22,24,26-29,42H,4,23,25H2,1-3H3. The van der Waals surface area contributed by atoms with Gasteiger partial charge in [0, 0.05) is 16.8 Å². The van der Waals surface area contributed by atoms with E-state index in [1.54, 1.807) is 5.57 Å². The van der Waals surface area contributed by atoms with Crippen LogP contribution in [0.4, 0.5) is 11.4 Å². The molecule has 0 aromatic heterocycles. The third kappa shape index (κ3) is 4.68. The molecule has 0 heterocycles. The van der Waals surface area contributed by atoms with Gasteiger partial charge in [0.15, 0.2) is 0 Å². The number of nitrogens with one attached hydrogen (secondary N) is 1. The molecule has 1 N–H and O–H groups in total. The van der Waals surface area contributed by atoms with E-state index in [9.17, 15) is 0 Å². The molecule has 208 valence electrons. The third-order valence-electron chi connectivity index (χ3n) is 9.71. The van der Waals surface area contributed by atoms with E-state index >= 15 is 0 Å². The highest BCUT2D eigenvalue weighted by molar-refractivity contribution is 5.85. The first kappa shape index (κ1) is 26.5. The predicted molar refractivity (Wildman–Crippen MR) is 179 cm³/mol. The first-order valence-corrected chi connectivity index (χ1v) is 15.5. The van der Waals surface area contributed by atoms with Gasteiger partial charge in [-0.25, -0.2) is 0 Å². The predicted octanol–water partition coefficient (Wildman–Crippen LogP) is 11.4. The maximum absolute atomic E-state index is 3.76. The Morgan fingerprint density at radius 3 is 2.07 bits per heavy atom. The van der Waals surface area contributed by atoms with Crippen LogP contribution in [-0.2, 0) is 5.41 Å². The van der Waals surface area contributed by atoms with Gasteiger partial charge >= 0.3 is 0 Å². The number of hydrogen-bond donors (Lipinski definition) is 1. The lowest BCUT2D eigenvalue weighted by molar-refractivity contribution is 0.373. The minimum absolute atomic E-state index is 0.103. The van der Waals surface area contributed by atoms with Crippen molar-refractivity contribution >= 4 is 11.4 Å². The molecular weight excluding hydrogens is 506 g/mol. The molecule has 1 nitrogen and oxygen atoms in total. The molecule has 5 aromatic rings. The van der Waals surface area contributed by atoms with Gasteiger partial charge < -0.3 is 5.32 Å². The van der Waals surface area contributed by atoms with Crippen molar-refractivity contribution in [2.24, 2.45) is 11.8 Å². The maximum atomic E-state index is 3.76. The van der Waals surface area contributed by atoms with E-state index in [1.807, 2.05) is 0 Å². The van der Waals surface area contributed by atoms with Gasteiger partial charge in [-0.1, -0.05) is 129 Å². The van der Waals surface area contributed by atoms with Crippen molar-refractivity contribution in [2.45, 2.75) is 45.4 Å². The summed E-state index contributed by atoms with van der Waals surface area (Å²) in [5.41, 5.74) is 14.3. The van der Waals surface area contributed by atoms with Crippen molar-refractivity contribution in [3.8, 4) is 33.4 Å². The lowest BCUT2D eigenvalue weighted by Gasteiger charge is -2.37. The second-order valence-electron chi connectivity index (χ2n) is 12.5. The second kappa shape index (κ2) is 10.8. The van der Waals surface area contributed by atoms with Gasteiger partial charge in [-0.3, -0.25) is 0 Å². The number of rotatable bonds is 6. The molecule has 0 radical (unpaired) electrons. The van der Waals surface area contributed by atoms with Gasteiger partial charge in [0.05, 0.1) is 0 Å². The lowest BCUT2D eigenvalue weighted by Crippen LogP contribution is -2.28. The van der Waals surface area contributed by atoms with E-state index in [1.165, 1.54) is 63.8 Å². The van der Waals surface area contributed by atoms with Crippen molar-refractivity contribution in [3.05, 3.63) is 144 Å². The van der Waals surface area contributed by atoms with Gasteiger partial charge in [0.2, 0.25) is 0 Å². The smallest absolute Gasteiger partial charge is 0.0396 e. The fraction of sp³-hybridized carbons (Fsp3) is 0.220. The van der Waals surface area contributed by atoms with Gasteiger partial charge in [-0.2, -0.15) is 0 Å². The van der Waals surface area contributed by atoms with E-state index < -0.39 is 0 Å². The molecule has 42 heavy (non-hydrogen) atoms. The third-order valence-corrected chi connectivity index (χ3v) is 9.71. The minimum Gasteiger partial charge on any atom is -0.356 e. The Morgan fingerprint density at radius 1 is 0.643 bits per heavy atom. The van der Waals surface area contributed by atoms with Crippen LogP contribution in [0.2, 0.25) is 0 Å². The molecule has 2 aliphatic rings. The van der Waals surface area contributed by atoms with E-state index in [0.717, 1.165) is 17.3 Å². The highest BCUT2D eigenvalue weighted by Gasteiger charge is 2.43. The summed E-state index contributed by atoms with van der Waals surface area (Å²) in [6.45, 7) is 7.22. The zero-order chi connectivity index (χ0) is 28.7. The average molecular weight is 546 g/mol. The molecule has 0 saturated heterocycles. The number of hydrogen-bond acceptors (Lipinski definition) is 1. The van der Waals surface area contributed by atoms with E-state index in [0.29, 0.717) is 5.92 Å². The van der Waals surface area contributed by atoms with Crippen LogP contribution < -0.4 is 5.32 Å². The van der Waals surface area contributed by atoms with Crippen LogP contribution in [0.15, 0.2) is 133 Å². The van der Waals surface area contributed by atoms with Crippen LogP contribution >= 0.6 is 0 Å². The lowest BCUT2D eigenvalue weighted by atomic mass is 9.67. The van der Waals surface area contributed by atoms with Crippen molar-refractivity contribution < 1.29 is 0 Å². The van der Waals surface area contributed by atoms with Crippen LogP contribution in [0, 0.1) is 11.8 Å². The fourth-order valence-corrected chi connectivity index (χ4v) is 7.43. The Kier molecular flexibility index (Phi) is 6.82. The average Bonchev–Trinajstić information content (AvgIpc) is 3.30. The van der Waals surface area contributed by atoms with Gasteiger partial charge in [-0.05, 0) is 100 Å². The number of allylic oxidation sites excluding steroid dienone is 2. The van der Waals surface area contributed by atoms with Crippen LogP contribution in [0.5, 0.6) is 0 Å². The molecule has 5 aromatic carbocycles. The SMILES string of the molecule is CCC1CC(C2(C)c3ccccc3-c3ccc(Nc4cccc(-c5ccc(-c6ccccc6)cc5)c4)cc32)=CC(C)C1. The van der Waals surface area contributed by atoms with Crippen LogP contribution in [0.25, 0.3) is 33.4 Å². The van der Waals surface area contributed by atoms with E-state index in [2.05, 4.69) is 153 Å². The first-order chi connectivity index (χ1) is 20.5. The summed E-state index contributed by atoms with van der Waals surface area (Å²) in [5, 5.41) is 3.76. The highest BCUT2D eigenvalue weighted by atomic mass is 14.9. The Labute approximate surface area is 251 Å². The molecule has 2 aliphatic carbocycles. The molecule has 0 bridgehead atoms. The normalized spacial score (nSPS) is 20.9. The van der Waals surface area contributed by atoms with Gasteiger partial charge in [0.1, 0.15) is 0 Å². The van der Waals surface area contributed by atoms with Crippen molar-refractivity contribution in [1.29, 1.82) is 0 Å². The van der Waals surface area contributed by atoms with Crippen LogP contribution in [-0.4, -0.2) is 0 Å².